The zero-order valence-corrected chi connectivity index (χ0v) is 13.7. The first-order valence-corrected chi connectivity index (χ1v) is 8.49. The van der Waals surface area contributed by atoms with Crippen LogP contribution in [0.15, 0.2) is 0 Å². The quantitative estimate of drug-likeness (QED) is 0.878. The van der Waals surface area contributed by atoms with E-state index in [4.69, 9.17) is 10.8 Å². The molecule has 0 spiro atoms. The van der Waals surface area contributed by atoms with Crippen molar-refractivity contribution in [3.63, 3.8) is 0 Å². The number of hydrogen-bond acceptors (Lipinski definition) is 2. The summed E-state index contributed by atoms with van der Waals surface area (Å²) < 4.78 is 2.37. The highest BCUT2D eigenvalue weighted by Gasteiger charge is 2.29. The summed E-state index contributed by atoms with van der Waals surface area (Å²) in [5.74, 6) is 0.791. The summed E-state index contributed by atoms with van der Waals surface area (Å²) in [6.45, 7) is 8.85. The summed E-state index contributed by atoms with van der Waals surface area (Å²) in [6.07, 6.45) is 8.67. The van der Waals surface area contributed by atoms with E-state index in [1.54, 1.807) is 0 Å². The molecule has 0 saturated heterocycles. The number of aromatic nitrogens is 2. The number of nitrogens with two attached hydrogens (primary N) is 1. The van der Waals surface area contributed by atoms with Crippen LogP contribution >= 0.6 is 0 Å². The molecule has 1 saturated carbocycles. The van der Waals surface area contributed by atoms with Gasteiger partial charge in [-0.05, 0) is 38.5 Å². The van der Waals surface area contributed by atoms with Gasteiger partial charge in [0.25, 0.3) is 0 Å². The fourth-order valence-corrected chi connectivity index (χ4v) is 3.93. The molecule has 1 aromatic heterocycles. The number of hydrogen-bond donors (Lipinski definition) is 1. The van der Waals surface area contributed by atoms with Crippen molar-refractivity contribution >= 4 is 0 Å². The van der Waals surface area contributed by atoms with E-state index >= 15 is 0 Å². The number of rotatable bonds is 5. The molecule has 2 N–H and O–H groups in total. The molecule has 0 aromatic carbocycles. The van der Waals surface area contributed by atoms with Gasteiger partial charge in [0.15, 0.2) is 0 Å². The van der Waals surface area contributed by atoms with Crippen LogP contribution in [0.25, 0.3) is 0 Å². The predicted molar refractivity (Wildman–Crippen MR) is 84.9 cm³/mol. The molecule has 1 aliphatic rings. The van der Waals surface area contributed by atoms with Gasteiger partial charge >= 0.3 is 0 Å². The van der Waals surface area contributed by atoms with Crippen molar-refractivity contribution in [2.24, 2.45) is 11.7 Å². The molecule has 2 rings (SSSR count). The Hall–Kier alpha value is -0.830. The van der Waals surface area contributed by atoms with Crippen molar-refractivity contribution in [3.05, 3.63) is 17.0 Å². The highest BCUT2D eigenvalue weighted by atomic mass is 15.3. The third kappa shape index (κ3) is 2.78. The first kappa shape index (κ1) is 15.6. The van der Waals surface area contributed by atoms with E-state index in [9.17, 15) is 0 Å². The largest absolute Gasteiger partial charge is 0.324 e. The van der Waals surface area contributed by atoms with Crippen molar-refractivity contribution in [2.75, 3.05) is 0 Å². The summed E-state index contributed by atoms with van der Waals surface area (Å²) in [5, 5.41) is 4.98. The summed E-state index contributed by atoms with van der Waals surface area (Å²) in [5.41, 5.74) is 10.1. The first-order chi connectivity index (χ1) is 9.63. The van der Waals surface area contributed by atoms with Crippen molar-refractivity contribution in [1.82, 2.24) is 9.78 Å². The molecule has 20 heavy (non-hydrogen) atoms. The molecule has 1 aromatic rings. The van der Waals surface area contributed by atoms with Gasteiger partial charge in [0.2, 0.25) is 0 Å². The van der Waals surface area contributed by atoms with Crippen LogP contribution < -0.4 is 5.73 Å². The number of nitrogens with zero attached hydrogens (tertiary/aromatic N) is 2. The first-order valence-electron chi connectivity index (χ1n) is 8.49. The Balaban J connectivity index is 2.44. The molecular weight excluding hydrogens is 246 g/mol. The minimum Gasteiger partial charge on any atom is -0.324 e. The second-order valence-corrected chi connectivity index (χ2v) is 6.27. The van der Waals surface area contributed by atoms with Crippen LogP contribution in [0.3, 0.4) is 0 Å². The molecular formula is C17H31N3. The van der Waals surface area contributed by atoms with Gasteiger partial charge < -0.3 is 5.73 Å². The van der Waals surface area contributed by atoms with Gasteiger partial charge in [0.05, 0.1) is 11.7 Å². The monoisotopic (exact) mass is 277 g/mol. The third-order valence-electron chi connectivity index (χ3n) is 4.96. The standard InChI is InChI=1S/C17H31N3/c1-5-13-10-8-9-11-16(13)20-15(7-3)17(12(4)18)14(6-2)19-20/h12-13,16H,5-11,18H2,1-4H3. The van der Waals surface area contributed by atoms with Crippen molar-refractivity contribution < 1.29 is 0 Å². The molecule has 0 radical (unpaired) electrons. The van der Waals surface area contributed by atoms with Gasteiger partial charge in [-0.2, -0.15) is 5.10 Å². The zero-order chi connectivity index (χ0) is 14.7. The Labute approximate surface area is 123 Å². The normalized spacial score (nSPS) is 24.9. The molecule has 0 amide bonds. The lowest BCUT2D eigenvalue weighted by Gasteiger charge is -2.32. The number of aryl methyl sites for hydroxylation is 1. The molecule has 1 fully saturated rings. The van der Waals surface area contributed by atoms with E-state index in [0.717, 1.165) is 18.8 Å². The highest BCUT2D eigenvalue weighted by molar-refractivity contribution is 5.30. The van der Waals surface area contributed by atoms with E-state index in [1.807, 2.05) is 0 Å². The predicted octanol–water partition coefficient (Wildman–Crippen LogP) is 4.17. The maximum atomic E-state index is 6.22. The Morgan fingerprint density at radius 3 is 2.45 bits per heavy atom. The molecule has 3 nitrogen and oxygen atoms in total. The van der Waals surface area contributed by atoms with Gasteiger partial charge in [-0.25, -0.2) is 0 Å². The Bertz CT molecular complexity index is 434. The van der Waals surface area contributed by atoms with Crippen LogP contribution in [0.2, 0.25) is 0 Å². The van der Waals surface area contributed by atoms with Gasteiger partial charge in [0, 0.05) is 17.3 Å². The SMILES string of the molecule is CCc1nn(C2CCCCC2CC)c(CC)c1C(C)N. The van der Waals surface area contributed by atoms with Crippen LogP contribution in [-0.4, -0.2) is 9.78 Å². The van der Waals surface area contributed by atoms with Gasteiger partial charge in [0.1, 0.15) is 0 Å². The summed E-state index contributed by atoms with van der Waals surface area (Å²) >= 11 is 0. The highest BCUT2D eigenvalue weighted by Crippen LogP contribution is 2.38. The van der Waals surface area contributed by atoms with Crippen molar-refractivity contribution in [1.29, 1.82) is 0 Å². The molecule has 1 heterocycles. The van der Waals surface area contributed by atoms with E-state index in [2.05, 4.69) is 32.4 Å². The zero-order valence-electron chi connectivity index (χ0n) is 13.7. The smallest absolute Gasteiger partial charge is 0.0672 e. The summed E-state index contributed by atoms with van der Waals surface area (Å²) in [6, 6.07) is 0.693. The minimum atomic E-state index is 0.0947. The lowest BCUT2D eigenvalue weighted by Crippen LogP contribution is -2.25. The summed E-state index contributed by atoms with van der Waals surface area (Å²) in [7, 11) is 0. The van der Waals surface area contributed by atoms with Crippen LogP contribution in [0, 0.1) is 5.92 Å². The average Bonchev–Trinajstić information content (AvgIpc) is 2.85. The molecule has 1 aliphatic carbocycles. The Kier molecular flexibility index (Phi) is 5.25. The minimum absolute atomic E-state index is 0.0947. The van der Waals surface area contributed by atoms with E-state index in [1.165, 1.54) is 49.1 Å². The lowest BCUT2D eigenvalue weighted by molar-refractivity contribution is 0.212. The molecule has 114 valence electrons. The van der Waals surface area contributed by atoms with E-state index in [0.29, 0.717) is 6.04 Å². The van der Waals surface area contributed by atoms with Gasteiger partial charge in [-0.3, -0.25) is 4.68 Å². The topological polar surface area (TPSA) is 43.8 Å². The van der Waals surface area contributed by atoms with Crippen LogP contribution in [0.1, 0.15) is 88.8 Å². The van der Waals surface area contributed by atoms with Crippen LogP contribution in [-0.2, 0) is 12.8 Å². The molecule has 3 unspecified atom stereocenters. The Morgan fingerprint density at radius 2 is 1.90 bits per heavy atom. The van der Waals surface area contributed by atoms with E-state index < -0.39 is 0 Å². The van der Waals surface area contributed by atoms with Gasteiger partial charge in [-0.15, -0.1) is 0 Å². The average molecular weight is 277 g/mol. The molecule has 3 heteroatoms. The fraction of sp³-hybridized carbons (Fsp3) is 0.824. The maximum Gasteiger partial charge on any atom is 0.0672 e. The maximum absolute atomic E-state index is 6.22. The van der Waals surface area contributed by atoms with Crippen molar-refractivity contribution in [3.8, 4) is 0 Å². The van der Waals surface area contributed by atoms with E-state index in [-0.39, 0.29) is 6.04 Å². The molecule has 0 bridgehead atoms. The van der Waals surface area contributed by atoms with Crippen molar-refractivity contribution in [2.45, 2.75) is 84.7 Å². The second kappa shape index (κ2) is 6.75. The fourth-order valence-electron chi connectivity index (χ4n) is 3.93. The van der Waals surface area contributed by atoms with Gasteiger partial charge in [-0.1, -0.05) is 40.0 Å². The molecule has 3 atom stereocenters. The van der Waals surface area contributed by atoms with Crippen LogP contribution in [0.4, 0.5) is 0 Å². The Morgan fingerprint density at radius 1 is 1.20 bits per heavy atom. The lowest BCUT2D eigenvalue weighted by atomic mass is 9.82. The summed E-state index contributed by atoms with van der Waals surface area (Å²) in [4.78, 5) is 0. The second-order valence-electron chi connectivity index (χ2n) is 6.27. The molecule has 0 aliphatic heterocycles. The van der Waals surface area contributed by atoms with Crippen LogP contribution in [0.5, 0.6) is 0 Å². The third-order valence-corrected chi connectivity index (χ3v) is 4.96.